The molecule has 1 aromatic heterocycles. The maximum Gasteiger partial charge on any atom is 0.340 e. The molecule has 1 saturated heterocycles. The lowest BCUT2D eigenvalue weighted by molar-refractivity contribution is -0.138. The van der Waals surface area contributed by atoms with Crippen LogP contribution in [-0.2, 0) is 22.6 Å². The Morgan fingerprint density at radius 3 is 3.00 bits per heavy atom. The molecule has 1 aliphatic heterocycles. The van der Waals surface area contributed by atoms with Gasteiger partial charge in [-0.15, -0.1) is 0 Å². The SMILES string of the molecule is COc1cccc(CN2CC(C(=O)NCCc3n[nH]c(=O)[nH]3)CCC2=O)c1. The van der Waals surface area contributed by atoms with Crippen molar-refractivity contribution in [1.82, 2.24) is 25.4 Å². The number of H-pyrrole nitrogens is 2. The van der Waals surface area contributed by atoms with Crippen LogP contribution >= 0.6 is 0 Å². The Balaban J connectivity index is 1.53. The van der Waals surface area contributed by atoms with Crippen molar-refractivity contribution in [2.24, 2.45) is 5.92 Å². The normalized spacial score (nSPS) is 17.0. The number of aromatic amines is 2. The summed E-state index contributed by atoms with van der Waals surface area (Å²) in [5, 5.41) is 8.94. The van der Waals surface area contributed by atoms with E-state index in [1.54, 1.807) is 12.0 Å². The predicted octanol–water partition coefficient (Wildman–Crippen LogP) is 0.204. The molecule has 0 radical (unpaired) electrons. The molecule has 0 bridgehead atoms. The first-order valence-corrected chi connectivity index (χ1v) is 8.87. The summed E-state index contributed by atoms with van der Waals surface area (Å²) in [6.45, 7) is 1.22. The highest BCUT2D eigenvalue weighted by atomic mass is 16.5. The molecule has 3 rings (SSSR count). The van der Waals surface area contributed by atoms with Crippen LogP contribution in [0.25, 0.3) is 0 Å². The molecule has 0 spiro atoms. The third kappa shape index (κ3) is 4.96. The molecule has 2 amide bonds. The second-order valence-corrected chi connectivity index (χ2v) is 6.53. The number of benzene rings is 1. The van der Waals surface area contributed by atoms with Crippen LogP contribution < -0.4 is 15.7 Å². The summed E-state index contributed by atoms with van der Waals surface area (Å²) < 4.78 is 5.22. The molecule has 1 atom stereocenters. The van der Waals surface area contributed by atoms with E-state index in [4.69, 9.17) is 4.74 Å². The minimum atomic E-state index is -0.365. The Morgan fingerprint density at radius 1 is 1.41 bits per heavy atom. The van der Waals surface area contributed by atoms with Crippen molar-refractivity contribution in [3.8, 4) is 5.75 Å². The van der Waals surface area contributed by atoms with Gasteiger partial charge < -0.3 is 15.0 Å². The molecule has 27 heavy (non-hydrogen) atoms. The molecule has 0 aliphatic carbocycles. The number of methoxy groups -OCH3 is 1. The van der Waals surface area contributed by atoms with E-state index in [2.05, 4.69) is 20.5 Å². The zero-order chi connectivity index (χ0) is 19.2. The van der Waals surface area contributed by atoms with Gasteiger partial charge in [-0.05, 0) is 24.1 Å². The highest BCUT2D eigenvalue weighted by Gasteiger charge is 2.30. The number of carbonyl (C=O) groups is 2. The highest BCUT2D eigenvalue weighted by Crippen LogP contribution is 2.21. The van der Waals surface area contributed by atoms with Crippen molar-refractivity contribution in [3.63, 3.8) is 0 Å². The molecular formula is C18H23N5O4. The lowest BCUT2D eigenvalue weighted by Crippen LogP contribution is -2.45. The standard InChI is InChI=1S/C18H23N5O4/c1-27-14-4-2-3-12(9-14)10-23-11-13(5-6-16(23)24)17(25)19-8-7-15-20-18(26)22-21-15/h2-4,9,13H,5-8,10-11H2,1H3,(H,19,25)(H2,20,21,22,26). The van der Waals surface area contributed by atoms with Gasteiger partial charge in [-0.25, -0.2) is 9.89 Å². The first kappa shape index (κ1) is 18.7. The average Bonchev–Trinajstić information content (AvgIpc) is 3.08. The largest absolute Gasteiger partial charge is 0.497 e. The van der Waals surface area contributed by atoms with Gasteiger partial charge in [0.15, 0.2) is 0 Å². The molecule has 1 fully saturated rings. The highest BCUT2D eigenvalue weighted by molar-refractivity contribution is 5.83. The fourth-order valence-electron chi connectivity index (χ4n) is 3.14. The minimum Gasteiger partial charge on any atom is -0.497 e. The number of nitrogens with one attached hydrogen (secondary N) is 3. The summed E-state index contributed by atoms with van der Waals surface area (Å²) in [6.07, 6.45) is 1.33. The van der Waals surface area contributed by atoms with E-state index in [0.717, 1.165) is 11.3 Å². The van der Waals surface area contributed by atoms with Gasteiger partial charge >= 0.3 is 5.69 Å². The first-order valence-electron chi connectivity index (χ1n) is 8.87. The van der Waals surface area contributed by atoms with E-state index in [-0.39, 0.29) is 23.4 Å². The third-order valence-corrected chi connectivity index (χ3v) is 4.59. The Labute approximate surface area is 156 Å². The minimum absolute atomic E-state index is 0.0518. The van der Waals surface area contributed by atoms with Crippen molar-refractivity contribution in [2.45, 2.75) is 25.8 Å². The van der Waals surface area contributed by atoms with Gasteiger partial charge in [0.1, 0.15) is 11.6 Å². The number of hydrogen-bond acceptors (Lipinski definition) is 5. The monoisotopic (exact) mass is 373 g/mol. The summed E-state index contributed by atoms with van der Waals surface area (Å²) in [4.78, 5) is 39.9. The van der Waals surface area contributed by atoms with Crippen LogP contribution in [0, 0.1) is 5.92 Å². The van der Waals surface area contributed by atoms with Crippen LogP contribution in [0.4, 0.5) is 0 Å². The quantitative estimate of drug-likeness (QED) is 0.641. The van der Waals surface area contributed by atoms with E-state index in [1.165, 1.54) is 0 Å². The Kier molecular flexibility index (Phi) is 5.90. The first-order chi connectivity index (χ1) is 13.0. The maximum atomic E-state index is 12.4. The molecule has 144 valence electrons. The Bertz CT molecular complexity index is 859. The van der Waals surface area contributed by atoms with E-state index < -0.39 is 0 Å². The summed E-state index contributed by atoms with van der Waals surface area (Å²) in [5.41, 5.74) is 0.599. The number of nitrogens with zero attached hydrogens (tertiary/aromatic N) is 2. The van der Waals surface area contributed by atoms with Crippen molar-refractivity contribution < 1.29 is 14.3 Å². The van der Waals surface area contributed by atoms with Gasteiger partial charge in [-0.3, -0.25) is 14.6 Å². The molecule has 2 heterocycles. The number of piperidine rings is 1. The lowest BCUT2D eigenvalue weighted by Gasteiger charge is -2.32. The fraction of sp³-hybridized carbons (Fsp3) is 0.444. The van der Waals surface area contributed by atoms with Crippen molar-refractivity contribution in [2.75, 3.05) is 20.2 Å². The number of ether oxygens (including phenoxy) is 1. The van der Waals surface area contributed by atoms with E-state index >= 15 is 0 Å². The number of aromatic nitrogens is 3. The molecule has 3 N–H and O–H groups in total. The second-order valence-electron chi connectivity index (χ2n) is 6.53. The van der Waals surface area contributed by atoms with Gasteiger partial charge in [0.2, 0.25) is 11.8 Å². The van der Waals surface area contributed by atoms with E-state index in [1.807, 2.05) is 24.3 Å². The van der Waals surface area contributed by atoms with Crippen molar-refractivity contribution in [3.05, 3.63) is 46.1 Å². The molecule has 1 aromatic carbocycles. The van der Waals surface area contributed by atoms with Crippen LogP contribution in [0.5, 0.6) is 5.75 Å². The van der Waals surface area contributed by atoms with Crippen LogP contribution in [-0.4, -0.2) is 52.1 Å². The molecule has 9 heteroatoms. The summed E-state index contributed by atoms with van der Waals surface area (Å²) >= 11 is 0. The van der Waals surface area contributed by atoms with E-state index in [9.17, 15) is 14.4 Å². The molecule has 9 nitrogen and oxygen atoms in total. The van der Waals surface area contributed by atoms with E-state index in [0.29, 0.717) is 44.7 Å². The molecule has 1 unspecified atom stereocenters. The predicted molar refractivity (Wildman–Crippen MR) is 97.1 cm³/mol. The zero-order valence-corrected chi connectivity index (χ0v) is 15.2. The van der Waals surface area contributed by atoms with Crippen molar-refractivity contribution >= 4 is 11.8 Å². The second kappa shape index (κ2) is 8.52. The summed E-state index contributed by atoms with van der Waals surface area (Å²) in [5.74, 6) is 0.958. The number of carbonyl (C=O) groups excluding carboxylic acids is 2. The van der Waals surface area contributed by atoms with Crippen LogP contribution in [0.3, 0.4) is 0 Å². The van der Waals surface area contributed by atoms with Gasteiger partial charge in [-0.1, -0.05) is 12.1 Å². The summed E-state index contributed by atoms with van der Waals surface area (Å²) in [7, 11) is 1.60. The van der Waals surface area contributed by atoms with Crippen molar-refractivity contribution in [1.29, 1.82) is 0 Å². The van der Waals surface area contributed by atoms with Gasteiger partial charge in [0.05, 0.1) is 13.0 Å². The lowest BCUT2D eigenvalue weighted by atomic mass is 9.96. The Hall–Kier alpha value is -3.10. The van der Waals surface area contributed by atoms with Gasteiger partial charge in [-0.2, -0.15) is 5.10 Å². The Morgan fingerprint density at radius 2 is 2.26 bits per heavy atom. The van der Waals surface area contributed by atoms with Crippen LogP contribution in [0.15, 0.2) is 29.1 Å². The number of rotatable bonds is 7. The summed E-state index contributed by atoms with van der Waals surface area (Å²) in [6, 6.07) is 7.56. The zero-order valence-electron chi connectivity index (χ0n) is 15.2. The average molecular weight is 373 g/mol. The van der Waals surface area contributed by atoms with Crippen LogP contribution in [0.2, 0.25) is 0 Å². The number of hydrogen-bond donors (Lipinski definition) is 3. The topological polar surface area (TPSA) is 120 Å². The smallest absolute Gasteiger partial charge is 0.340 e. The maximum absolute atomic E-state index is 12.4. The van der Waals surface area contributed by atoms with Crippen LogP contribution in [0.1, 0.15) is 24.2 Å². The molecule has 0 saturated carbocycles. The third-order valence-electron chi connectivity index (χ3n) is 4.59. The molecular weight excluding hydrogens is 350 g/mol. The van der Waals surface area contributed by atoms with Gasteiger partial charge in [0.25, 0.3) is 0 Å². The number of likely N-dealkylation sites (tertiary alicyclic amines) is 1. The number of amides is 2. The van der Waals surface area contributed by atoms with Gasteiger partial charge in [0, 0.05) is 32.5 Å². The molecule has 2 aromatic rings. The fourth-order valence-corrected chi connectivity index (χ4v) is 3.14. The molecule has 1 aliphatic rings.